The van der Waals surface area contributed by atoms with Gasteiger partial charge < -0.3 is 10.2 Å². The number of aryl methyl sites for hydroxylation is 1. The van der Waals surface area contributed by atoms with Gasteiger partial charge in [-0.3, -0.25) is 0 Å². The van der Waals surface area contributed by atoms with Crippen LogP contribution in [0.15, 0.2) is 0 Å². The van der Waals surface area contributed by atoms with Crippen molar-refractivity contribution in [1.29, 1.82) is 0 Å². The summed E-state index contributed by atoms with van der Waals surface area (Å²) in [6, 6.07) is 0.476. The lowest BCUT2D eigenvalue weighted by Gasteiger charge is -2.19. The topological polar surface area (TPSA) is 28.2 Å². The molecule has 1 aliphatic rings. The zero-order valence-corrected chi connectivity index (χ0v) is 9.82. The van der Waals surface area contributed by atoms with Crippen LogP contribution in [0.25, 0.3) is 0 Å². The van der Waals surface area contributed by atoms with Gasteiger partial charge in [0.15, 0.2) is 5.13 Å². The summed E-state index contributed by atoms with van der Waals surface area (Å²) in [5.41, 5.74) is 1.28. The number of hydrogen-bond donors (Lipinski definition) is 1. The van der Waals surface area contributed by atoms with Gasteiger partial charge in [-0.05, 0) is 26.3 Å². The molecule has 1 aromatic heterocycles. The average molecular weight is 211 g/mol. The summed E-state index contributed by atoms with van der Waals surface area (Å²) >= 11 is 1.84. The van der Waals surface area contributed by atoms with E-state index in [1.807, 2.05) is 18.4 Å². The molecule has 0 amide bonds. The SMILES string of the molecule is CNC1CCCc2sc(N(C)C)nc21. The highest BCUT2D eigenvalue weighted by molar-refractivity contribution is 7.15. The lowest BCUT2D eigenvalue weighted by atomic mass is 9.98. The first kappa shape index (κ1) is 9.93. The van der Waals surface area contributed by atoms with Crippen LogP contribution in [0, 0.1) is 0 Å². The van der Waals surface area contributed by atoms with Gasteiger partial charge in [-0.25, -0.2) is 4.98 Å². The van der Waals surface area contributed by atoms with E-state index in [-0.39, 0.29) is 0 Å². The van der Waals surface area contributed by atoms with Crippen molar-refractivity contribution in [3.8, 4) is 0 Å². The molecule has 0 aliphatic heterocycles. The Kier molecular flexibility index (Phi) is 2.74. The maximum Gasteiger partial charge on any atom is 0.185 e. The van der Waals surface area contributed by atoms with E-state index >= 15 is 0 Å². The number of nitrogens with one attached hydrogen (secondary N) is 1. The number of anilines is 1. The minimum atomic E-state index is 0.476. The van der Waals surface area contributed by atoms with E-state index < -0.39 is 0 Å². The maximum absolute atomic E-state index is 4.68. The van der Waals surface area contributed by atoms with Gasteiger partial charge in [0, 0.05) is 19.0 Å². The van der Waals surface area contributed by atoms with Crippen molar-refractivity contribution in [2.24, 2.45) is 0 Å². The third-order valence-electron chi connectivity index (χ3n) is 2.67. The monoisotopic (exact) mass is 211 g/mol. The molecule has 0 saturated heterocycles. The standard InChI is InChI=1S/C10H17N3S/c1-11-7-5-4-6-8-9(7)12-10(14-8)13(2)3/h7,11H,4-6H2,1-3H3. The van der Waals surface area contributed by atoms with E-state index in [1.54, 1.807) is 0 Å². The van der Waals surface area contributed by atoms with Gasteiger partial charge in [0.25, 0.3) is 0 Å². The Balaban J connectivity index is 2.33. The van der Waals surface area contributed by atoms with Crippen molar-refractivity contribution >= 4 is 16.5 Å². The molecule has 14 heavy (non-hydrogen) atoms. The van der Waals surface area contributed by atoms with E-state index in [9.17, 15) is 0 Å². The molecule has 1 aliphatic carbocycles. The number of hydrogen-bond acceptors (Lipinski definition) is 4. The number of rotatable bonds is 2. The summed E-state index contributed by atoms with van der Waals surface area (Å²) < 4.78 is 0. The fourth-order valence-electron chi connectivity index (χ4n) is 1.88. The predicted molar refractivity (Wildman–Crippen MR) is 61.2 cm³/mol. The molecule has 3 nitrogen and oxygen atoms in total. The minimum absolute atomic E-state index is 0.476. The van der Waals surface area contributed by atoms with Crippen molar-refractivity contribution in [3.05, 3.63) is 10.6 Å². The fraction of sp³-hybridized carbons (Fsp3) is 0.700. The molecule has 1 N–H and O–H groups in total. The van der Waals surface area contributed by atoms with Gasteiger partial charge in [-0.1, -0.05) is 0 Å². The minimum Gasteiger partial charge on any atom is -0.354 e. The normalized spacial score (nSPS) is 20.6. The molecule has 1 atom stereocenters. The van der Waals surface area contributed by atoms with E-state index in [4.69, 9.17) is 0 Å². The van der Waals surface area contributed by atoms with E-state index in [2.05, 4.69) is 29.3 Å². The third-order valence-corrected chi connectivity index (χ3v) is 3.97. The number of fused-ring (bicyclic) bond motifs is 1. The highest BCUT2D eigenvalue weighted by Gasteiger charge is 2.23. The molecule has 0 radical (unpaired) electrons. The van der Waals surface area contributed by atoms with Crippen molar-refractivity contribution in [3.63, 3.8) is 0 Å². The van der Waals surface area contributed by atoms with Crippen molar-refractivity contribution in [2.45, 2.75) is 25.3 Å². The Morgan fingerprint density at radius 1 is 1.50 bits per heavy atom. The van der Waals surface area contributed by atoms with Gasteiger partial charge in [0.1, 0.15) is 0 Å². The lowest BCUT2D eigenvalue weighted by molar-refractivity contribution is 0.490. The van der Waals surface area contributed by atoms with Crippen LogP contribution in [0.3, 0.4) is 0 Å². The van der Waals surface area contributed by atoms with E-state index in [0.29, 0.717) is 6.04 Å². The van der Waals surface area contributed by atoms with Gasteiger partial charge in [-0.15, -0.1) is 11.3 Å². The summed E-state index contributed by atoms with van der Waals surface area (Å²) in [7, 11) is 6.13. The second-order valence-corrected chi connectivity index (χ2v) is 4.99. The van der Waals surface area contributed by atoms with Crippen LogP contribution in [-0.2, 0) is 6.42 Å². The first-order valence-electron chi connectivity index (χ1n) is 5.06. The van der Waals surface area contributed by atoms with Crippen LogP contribution in [0.5, 0.6) is 0 Å². The number of thiazole rings is 1. The first-order valence-corrected chi connectivity index (χ1v) is 5.88. The van der Waals surface area contributed by atoms with Gasteiger partial charge in [-0.2, -0.15) is 0 Å². The zero-order valence-electron chi connectivity index (χ0n) is 9.00. The first-order chi connectivity index (χ1) is 6.72. The van der Waals surface area contributed by atoms with Crippen molar-refractivity contribution < 1.29 is 0 Å². The summed E-state index contributed by atoms with van der Waals surface area (Å²) in [5.74, 6) is 0. The highest BCUT2D eigenvalue weighted by atomic mass is 32.1. The molecule has 1 unspecified atom stereocenters. The second kappa shape index (κ2) is 3.87. The average Bonchev–Trinajstić information content (AvgIpc) is 2.60. The van der Waals surface area contributed by atoms with Crippen LogP contribution < -0.4 is 10.2 Å². The Morgan fingerprint density at radius 3 is 2.93 bits per heavy atom. The van der Waals surface area contributed by atoms with Gasteiger partial charge >= 0.3 is 0 Å². The molecule has 0 bridgehead atoms. The van der Waals surface area contributed by atoms with Crippen LogP contribution in [0.2, 0.25) is 0 Å². The predicted octanol–water partition coefficient (Wildman–Crippen LogP) is 1.81. The molecule has 0 aromatic carbocycles. The Bertz CT molecular complexity index is 319. The van der Waals surface area contributed by atoms with Gasteiger partial charge in [0.05, 0.1) is 11.7 Å². The Labute approximate surface area is 89.1 Å². The molecule has 1 heterocycles. The fourth-order valence-corrected chi connectivity index (χ4v) is 2.96. The smallest absolute Gasteiger partial charge is 0.185 e. The van der Waals surface area contributed by atoms with Gasteiger partial charge in [0.2, 0.25) is 0 Å². The van der Waals surface area contributed by atoms with Crippen LogP contribution in [0.4, 0.5) is 5.13 Å². The van der Waals surface area contributed by atoms with Crippen molar-refractivity contribution in [1.82, 2.24) is 10.3 Å². The molecule has 0 spiro atoms. The molecule has 0 saturated carbocycles. The second-order valence-electron chi connectivity index (χ2n) is 3.93. The van der Waals surface area contributed by atoms with Crippen LogP contribution in [-0.4, -0.2) is 26.1 Å². The Hall–Kier alpha value is -0.610. The molecule has 4 heteroatoms. The largest absolute Gasteiger partial charge is 0.354 e. The van der Waals surface area contributed by atoms with E-state index in [1.165, 1.54) is 29.8 Å². The number of nitrogens with zero attached hydrogens (tertiary/aromatic N) is 2. The van der Waals surface area contributed by atoms with Crippen LogP contribution >= 0.6 is 11.3 Å². The summed E-state index contributed by atoms with van der Waals surface area (Å²) in [6.07, 6.45) is 3.71. The molecule has 1 aromatic rings. The number of aromatic nitrogens is 1. The molecule has 0 fully saturated rings. The summed E-state index contributed by atoms with van der Waals surface area (Å²) in [6.45, 7) is 0. The molecule has 2 rings (SSSR count). The Morgan fingerprint density at radius 2 is 2.29 bits per heavy atom. The molecular formula is C10H17N3S. The highest BCUT2D eigenvalue weighted by Crippen LogP contribution is 2.35. The van der Waals surface area contributed by atoms with Crippen molar-refractivity contribution in [2.75, 3.05) is 26.0 Å². The third kappa shape index (κ3) is 1.64. The van der Waals surface area contributed by atoms with Crippen LogP contribution in [0.1, 0.15) is 29.5 Å². The lowest BCUT2D eigenvalue weighted by Crippen LogP contribution is -2.21. The summed E-state index contributed by atoms with van der Waals surface area (Å²) in [4.78, 5) is 8.25. The van der Waals surface area contributed by atoms with E-state index in [0.717, 1.165) is 5.13 Å². The zero-order chi connectivity index (χ0) is 10.1. The summed E-state index contributed by atoms with van der Waals surface area (Å²) in [5, 5.41) is 4.47. The molecular weight excluding hydrogens is 194 g/mol. The molecule has 78 valence electrons. The maximum atomic E-state index is 4.68. The quantitative estimate of drug-likeness (QED) is 0.808.